The van der Waals surface area contributed by atoms with E-state index < -0.39 is 0 Å². The second-order valence-electron chi connectivity index (χ2n) is 9.52. The molecule has 1 saturated heterocycles. The van der Waals surface area contributed by atoms with Crippen LogP contribution in [0, 0.1) is 5.92 Å². The Hall–Kier alpha value is -3.71. The smallest absolute Gasteiger partial charge is 0.272 e. The lowest BCUT2D eigenvalue weighted by atomic mass is 9.81. The Morgan fingerprint density at radius 1 is 1.06 bits per heavy atom. The third kappa shape index (κ3) is 3.96. The fourth-order valence-corrected chi connectivity index (χ4v) is 5.56. The molecule has 2 amide bonds. The van der Waals surface area contributed by atoms with E-state index in [9.17, 15) is 14.7 Å². The highest BCUT2D eigenvalue weighted by molar-refractivity contribution is 5.94. The van der Waals surface area contributed by atoms with Crippen LogP contribution in [0.15, 0.2) is 66.9 Å². The number of carbonyl (C=O) groups excluding carboxylic acids is 2. The summed E-state index contributed by atoms with van der Waals surface area (Å²) in [6.45, 7) is 0.659. The standard InChI is InChI=1S/C28H30N4O3/c1-30(2)27(34)19-9-7-18(8-10-19)20-11-12-24-22(16-20)26-21(25(17-33)31(24)3)13-15-32(26)28(35)23-6-4-5-14-29-23/h4-12,14,16,21,25-26,33H,13,15,17H2,1-3H3/t21-,25+,26-/m1/s1. The molecule has 0 unspecified atom stereocenters. The summed E-state index contributed by atoms with van der Waals surface area (Å²) >= 11 is 0. The molecular formula is C28H30N4O3. The second-order valence-corrected chi connectivity index (χ2v) is 9.52. The molecule has 7 heteroatoms. The maximum atomic E-state index is 13.5. The van der Waals surface area contributed by atoms with Gasteiger partial charge >= 0.3 is 0 Å². The molecule has 1 N–H and O–H groups in total. The minimum absolute atomic E-state index is 0.0314. The van der Waals surface area contributed by atoms with Crippen LogP contribution in [-0.2, 0) is 0 Å². The molecule has 0 aliphatic carbocycles. The van der Waals surface area contributed by atoms with E-state index in [4.69, 9.17) is 0 Å². The number of hydrogen-bond acceptors (Lipinski definition) is 5. The SMILES string of the molecule is CN(C)C(=O)c1ccc(-c2ccc3c(c2)[C@H]2[C@H](CCN2C(=O)c2ccccn2)[C@H](CO)N3C)cc1. The zero-order valence-electron chi connectivity index (χ0n) is 20.3. The van der Waals surface area contributed by atoms with Gasteiger partial charge in [0, 0.05) is 51.1 Å². The molecule has 0 bridgehead atoms. The molecule has 180 valence electrons. The number of aliphatic hydroxyl groups is 1. The number of fused-ring (bicyclic) bond motifs is 3. The van der Waals surface area contributed by atoms with Crippen molar-refractivity contribution in [1.82, 2.24) is 14.8 Å². The normalized spacial score (nSPS) is 20.9. The Labute approximate surface area is 205 Å². The van der Waals surface area contributed by atoms with Crippen LogP contribution < -0.4 is 4.90 Å². The van der Waals surface area contributed by atoms with Crippen molar-refractivity contribution in [2.75, 3.05) is 39.2 Å². The third-order valence-electron chi connectivity index (χ3n) is 7.37. The Kier molecular flexibility index (Phi) is 6.03. The van der Waals surface area contributed by atoms with E-state index in [0.29, 0.717) is 17.8 Å². The summed E-state index contributed by atoms with van der Waals surface area (Å²) in [7, 11) is 5.50. The molecular weight excluding hydrogens is 440 g/mol. The van der Waals surface area contributed by atoms with Gasteiger partial charge in [0.2, 0.25) is 0 Å². The van der Waals surface area contributed by atoms with Crippen LogP contribution >= 0.6 is 0 Å². The van der Waals surface area contributed by atoms with Crippen molar-refractivity contribution in [2.45, 2.75) is 18.5 Å². The molecule has 5 rings (SSSR count). The Balaban J connectivity index is 1.55. The number of likely N-dealkylation sites (tertiary alicyclic amines) is 1. The van der Waals surface area contributed by atoms with Gasteiger partial charge < -0.3 is 19.8 Å². The van der Waals surface area contributed by atoms with Crippen LogP contribution in [0.5, 0.6) is 0 Å². The van der Waals surface area contributed by atoms with Gasteiger partial charge in [-0.1, -0.05) is 24.3 Å². The lowest BCUT2D eigenvalue weighted by Gasteiger charge is -2.44. The third-order valence-corrected chi connectivity index (χ3v) is 7.37. The average molecular weight is 471 g/mol. The van der Waals surface area contributed by atoms with E-state index >= 15 is 0 Å². The van der Waals surface area contributed by atoms with Gasteiger partial charge in [-0.3, -0.25) is 14.6 Å². The van der Waals surface area contributed by atoms with Crippen LogP contribution in [0.4, 0.5) is 5.69 Å². The maximum Gasteiger partial charge on any atom is 0.272 e. The number of likely N-dealkylation sites (N-methyl/N-ethyl adjacent to an activating group) is 1. The molecule has 1 fully saturated rings. The number of benzene rings is 2. The molecule has 7 nitrogen and oxygen atoms in total. The predicted molar refractivity (Wildman–Crippen MR) is 135 cm³/mol. The first kappa shape index (κ1) is 23.1. The van der Waals surface area contributed by atoms with Crippen molar-refractivity contribution in [2.24, 2.45) is 5.92 Å². The molecule has 2 aliphatic heterocycles. The maximum absolute atomic E-state index is 13.5. The van der Waals surface area contributed by atoms with Gasteiger partial charge in [-0.2, -0.15) is 0 Å². The predicted octanol–water partition coefficient (Wildman–Crippen LogP) is 3.46. The fourth-order valence-electron chi connectivity index (χ4n) is 5.56. The molecule has 2 aromatic carbocycles. The van der Waals surface area contributed by atoms with Gasteiger partial charge in [-0.15, -0.1) is 0 Å². The number of amides is 2. The quantitative estimate of drug-likeness (QED) is 0.632. The van der Waals surface area contributed by atoms with Gasteiger partial charge in [0.25, 0.3) is 11.8 Å². The van der Waals surface area contributed by atoms with Gasteiger partial charge in [0.1, 0.15) is 5.69 Å². The van der Waals surface area contributed by atoms with Crippen molar-refractivity contribution >= 4 is 17.5 Å². The van der Waals surface area contributed by atoms with Crippen molar-refractivity contribution in [3.63, 3.8) is 0 Å². The summed E-state index contributed by atoms with van der Waals surface area (Å²) in [5.41, 5.74) is 5.22. The first-order valence-electron chi connectivity index (χ1n) is 11.9. The van der Waals surface area contributed by atoms with E-state index in [1.54, 1.807) is 37.3 Å². The highest BCUT2D eigenvalue weighted by Gasteiger charge is 2.48. The minimum atomic E-state index is -0.137. The first-order valence-corrected chi connectivity index (χ1v) is 11.9. The van der Waals surface area contributed by atoms with E-state index in [2.05, 4.69) is 28.1 Å². The number of carbonyl (C=O) groups is 2. The molecule has 3 heterocycles. The van der Waals surface area contributed by atoms with Crippen molar-refractivity contribution in [1.29, 1.82) is 0 Å². The molecule has 2 aliphatic rings. The van der Waals surface area contributed by atoms with Crippen LogP contribution in [0.3, 0.4) is 0 Å². The molecule has 3 atom stereocenters. The van der Waals surface area contributed by atoms with Crippen LogP contribution in [0.25, 0.3) is 11.1 Å². The van der Waals surface area contributed by atoms with Gasteiger partial charge in [0.15, 0.2) is 0 Å². The molecule has 0 radical (unpaired) electrons. The van der Waals surface area contributed by atoms with Gasteiger partial charge in [-0.05, 0) is 59.5 Å². The first-order chi connectivity index (χ1) is 16.9. The number of pyridine rings is 1. The van der Waals surface area contributed by atoms with Crippen LogP contribution in [-0.4, -0.2) is 72.0 Å². The summed E-state index contributed by atoms with van der Waals surface area (Å²) in [5, 5.41) is 10.2. The van der Waals surface area contributed by atoms with Gasteiger partial charge in [-0.25, -0.2) is 0 Å². The molecule has 1 aromatic heterocycles. The fraction of sp³-hybridized carbons (Fsp3) is 0.321. The van der Waals surface area contributed by atoms with Crippen molar-refractivity contribution < 1.29 is 14.7 Å². The van der Waals surface area contributed by atoms with Gasteiger partial charge in [0.05, 0.1) is 18.7 Å². The zero-order valence-corrected chi connectivity index (χ0v) is 20.3. The second kappa shape index (κ2) is 9.15. The molecule has 0 spiro atoms. The van der Waals surface area contributed by atoms with E-state index in [1.165, 1.54) is 0 Å². The largest absolute Gasteiger partial charge is 0.394 e. The summed E-state index contributed by atoms with van der Waals surface area (Å²) in [4.78, 5) is 35.6. The number of aromatic nitrogens is 1. The van der Waals surface area contributed by atoms with Crippen LogP contribution in [0.1, 0.15) is 38.9 Å². The number of nitrogens with zero attached hydrogens (tertiary/aromatic N) is 4. The highest BCUT2D eigenvalue weighted by atomic mass is 16.3. The number of aliphatic hydroxyl groups excluding tert-OH is 1. The lowest BCUT2D eigenvalue weighted by molar-refractivity contribution is 0.0688. The monoisotopic (exact) mass is 470 g/mol. The molecule has 3 aromatic rings. The number of anilines is 1. The number of hydrogen-bond donors (Lipinski definition) is 1. The van der Waals surface area contributed by atoms with Crippen molar-refractivity contribution in [3.8, 4) is 11.1 Å². The summed E-state index contributed by atoms with van der Waals surface area (Å²) in [6.07, 6.45) is 2.46. The minimum Gasteiger partial charge on any atom is -0.394 e. The van der Waals surface area contributed by atoms with E-state index in [1.807, 2.05) is 42.3 Å². The Bertz CT molecular complexity index is 1240. The highest BCUT2D eigenvalue weighted by Crippen LogP contribution is 2.49. The van der Waals surface area contributed by atoms with Crippen LogP contribution in [0.2, 0.25) is 0 Å². The van der Waals surface area contributed by atoms with E-state index in [0.717, 1.165) is 28.8 Å². The lowest BCUT2D eigenvalue weighted by Crippen LogP contribution is -2.48. The topological polar surface area (TPSA) is 77.0 Å². The Morgan fingerprint density at radius 3 is 2.46 bits per heavy atom. The summed E-state index contributed by atoms with van der Waals surface area (Å²) < 4.78 is 0. The average Bonchev–Trinajstić information content (AvgIpc) is 3.33. The molecule has 0 saturated carbocycles. The summed E-state index contributed by atoms with van der Waals surface area (Å²) in [5.74, 6) is 0.0129. The molecule has 35 heavy (non-hydrogen) atoms. The summed E-state index contributed by atoms with van der Waals surface area (Å²) in [6, 6.07) is 19.1. The Morgan fingerprint density at radius 2 is 1.80 bits per heavy atom. The zero-order chi connectivity index (χ0) is 24.7. The van der Waals surface area contributed by atoms with E-state index in [-0.39, 0.29) is 36.4 Å². The number of rotatable bonds is 4. The van der Waals surface area contributed by atoms with Crippen molar-refractivity contribution in [3.05, 3.63) is 83.7 Å².